The molecule has 0 radical (unpaired) electrons. The van der Waals surface area contributed by atoms with Gasteiger partial charge in [0.05, 0.1) is 21.5 Å². The van der Waals surface area contributed by atoms with Gasteiger partial charge in [0.1, 0.15) is 0 Å². The fourth-order valence-corrected chi connectivity index (χ4v) is 2.73. The molecule has 1 amide bonds. The van der Waals surface area contributed by atoms with E-state index in [0.717, 1.165) is 35.9 Å². The van der Waals surface area contributed by atoms with Gasteiger partial charge in [0.2, 0.25) is 0 Å². The highest BCUT2D eigenvalue weighted by molar-refractivity contribution is 7.80. The molecule has 2 N–H and O–H groups in total. The Kier molecular flexibility index (Phi) is 6.72. The zero-order valence-corrected chi connectivity index (χ0v) is 16.0. The van der Waals surface area contributed by atoms with Crippen molar-refractivity contribution in [3.8, 4) is 0 Å². The monoisotopic (exact) mass is 402 g/mol. The molecule has 28 heavy (non-hydrogen) atoms. The molecule has 0 aliphatic rings. The maximum Gasteiger partial charge on any atom is 0.277 e. The first-order valence-corrected chi connectivity index (χ1v) is 8.78. The zero-order valence-electron chi connectivity index (χ0n) is 15.2. The van der Waals surface area contributed by atoms with Crippen LogP contribution in [0, 0.1) is 20.2 Å². The molecule has 0 bridgehead atoms. The number of rotatable bonds is 6. The van der Waals surface area contributed by atoms with Crippen molar-refractivity contribution in [1.29, 1.82) is 0 Å². The van der Waals surface area contributed by atoms with Crippen molar-refractivity contribution in [2.24, 2.45) is 0 Å². The zero-order chi connectivity index (χ0) is 20.8. The highest BCUT2D eigenvalue weighted by Gasteiger charge is 2.20. The molecule has 0 saturated heterocycles. The van der Waals surface area contributed by atoms with Crippen molar-refractivity contribution in [1.82, 2.24) is 5.32 Å². The Balaban J connectivity index is 2.21. The second kappa shape index (κ2) is 9.00. The number of nitrogens with zero attached hydrogens (tertiary/aromatic N) is 2. The number of hydrogen-bond donors (Lipinski definition) is 2. The third kappa shape index (κ3) is 5.07. The van der Waals surface area contributed by atoms with Crippen molar-refractivity contribution < 1.29 is 14.6 Å². The molecule has 0 saturated carbocycles. The number of nitro groups is 2. The van der Waals surface area contributed by atoms with Crippen molar-refractivity contribution in [2.75, 3.05) is 5.32 Å². The Bertz CT molecular complexity index is 915. The number of anilines is 1. The van der Waals surface area contributed by atoms with Crippen molar-refractivity contribution in [3.05, 3.63) is 73.8 Å². The van der Waals surface area contributed by atoms with Crippen LogP contribution in [0.3, 0.4) is 0 Å². The summed E-state index contributed by atoms with van der Waals surface area (Å²) in [4.78, 5) is 32.7. The molecule has 0 spiro atoms. The van der Waals surface area contributed by atoms with Crippen LogP contribution in [0.2, 0.25) is 0 Å². The van der Waals surface area contributed by atoms with E-state index in [4.69, 9.17) is 12.2 Å². The van der Waals surface area contributed by atoms with E-state index < -0.39 is 27.1 Å². The van der Waals surface area contributed by atoms with E-state index >= 15 is 0 Å². The number of thiocarbonyl (C=S) groups is 1. The number of nitro benzene ring substituents is 2. The lowest BCUT2D eigenvalue weighted by Gasteiger charge is -2.17. The summed E-state index contributed by atoms with van der Waals surface area (Å²) in [5, 5.41) is 27.2. The first-order valence-electron chi connectivity index (χ1n) is 8.38. The molecule has 146 valence electrons. The molecule has 2 aromatic rings. The van der Waals surface area contributed by atoms with Crippen LogP contribution in [-0.2, 0) is 0 Å². The fourth-order valence-electron chi connectivity index (χ4n) is 2.53. The van der Waals surface area contributed by atoms with Gasteiger partial charge in [-0.25, -0.2) is 0 Å². The number of benzene rings is 2. The number of non-ortho nitro benzene ring substituents is 2. The van der Waals surface area contributed by atoms with Gasteiger partial charge in [-0.1, -0.05) is 32.0 Å². The lowest BCUT2D eigenvalue weighted by Crippen LogP contribution is -2.34. The first kappa shape index (κ1) is 20.9. The summed E-state index contributed by atoms with van der Waals surface area (Å²) < 4.78 is 0. The molecule has 0 fully saturated rings. The number of carbonyl (C=O) groups excluding carboxylic acids is 1. The molecule has 0 unspecified atom stereocenters. The lowest BCUT2D eigenvalue weighted by molar-refractivity contribution is -0.394. The minimum atomic E-state index is -0.803. The maximum atomic E-state index is 12.4. The Morgan fingerprint density at radius 3 is 2.21 bits per heavy atom. The molecular weight excluding hydrogens is 384 g/mol. The number of carbonyl (C=O) groups is 1. The van der Waals surface area contributed by atoms with Gasteiger partial charge >= 0.3 is 0 Å². The molecule has 2 aromatic carbocycles. The van der Waals surface area contributed by atoms with E-state index in [9.17, 15) is 25.0 Å². The maximum absolute atomic E-state index is 12.4. The van der Waals surface area contributed by atoms with Crippen molar-refractivity contribution in [3.63, 3.8) is 0 Å². The average Bonchev–Trinajstić information content (AvgIpc) is 2.67. The van der Waals surface area contributed by atoms with Crippen LogP contribution in [0.25, 0.3) is 0 Å². The van der Waals surface area contributed by atoms with Crippen LogP contribution in [-0.4, -0.2) is 20.9 Å². The normalized spacial score (nSPS) is 11.4. The van der Waals surface area contributed by atoms with E-state index in [-0.39, 0.29) is 16.6 Å². The SMILES string of the molecule is CC[C@H](C)c1ccccc1NC(=S)NC(=O)c1cc([N+](=O)[O-])cc([N+](=O)[O-])c1. The van der Waals surface area contributed by atoms with Crippen LogP contribution in [0.4, 0.5) is 17.1 Å². The van der Waals surface area contributed by atoms with E-state index in [1.165, 1.54) is 0 Å². The molecule has 0 aromatic heterocycles. The van der Waals surface area contributed by atoms with Gasteiger partial charge in [0, 0.05) is 17.8 Å². The topological polar surface area (TPSA) is 127 Å². The van der Waals surface area contributed by atoms with Gasteiger partial charge in [-0.2, -0.15) is 0 Å². The minimum absolute atomic E-state index is 0.0186. The smallest absolute Gasteiger partial charge is 0.277 e. The summed E-state index contributed by atoms with van der Waals surface area (Å²) in [6.45, 7) is 4.11. The average molecular weight is 402 g/mol. The molecule has 10 heteroatoms. The van der Waals surface area contributed by atoms with Crippen LogP contribution >= 0.6 is 12.2 Å². The van der Waals surface area contributed by atoms with Crippen molar-refractivity contribution in [2.45, 2.75) is 26.2 Å². The Hall–Kier alpha value is -3.40. The summed E-state index contributed by atoms with van der Waals surface area (Å²) >= 11 is 5.15. The molecule has 2 rings (SSSR count). The highest BCUT2D eigenvalue weighted by Crippen LogP contribution is 2.26. The fraction of sp³-hybridized carbons (Fsp3) is 0.222. The molecule has 0 aliphatic carbocycles. The summed E-state index contributed by atoms with van der Waals surface area (Å²) in [6, 6.07) is 10.2. The number of amides is 1. The third-order valence-electron chi connectivity index (χ3n) is 4.17. The largest absolute Gasteiger partial charge is 0.332 e. The van der Waals surface area contributed by atoms with E-state index in [0.29, 0.717) is 0 Å². The predicted molar refractivity (Wildman–Crippen MR) is 109 cm³/mol. The Morgan fingerprint density at radius 2 is 1.68 bits per heavy atom. The highest BCUT2D eigenvalue weighted by atomic mass is 32.1. The van der Waals surface area contributed by atoms with Gasteiger partial charge in [-0.05, 0) is 36.2 Å². The number of hydrogen-bond acceptors (Lipinski definition) is 6. The lowest BCUT2D eigenvalue weighted by atomic mass is 9.97. The van der Waals surface area contributed by atoms with Gasteiger partial charge in [-0.15, -0.1) is 0 Å². The molecule has 9 nitrogen and oxygen atoms in total. The Morgan fingerprint density at radius 1 is 1.11 bits per heavy atom. The summed E-state index contributed by atoms with van der Waals surface area (Å²) in [5.74, 6) is -0.521. The first-order chi connectivity index (χ1) is 13.2. The standard InChI is InChI=1S/C18H18N4O5S/c1-3-11(2)15-6-4-5-7-16(15)19-18(28)20-17(23)12-8-13(21(24)25)10-14(9-12)22(26)27/h4-11H,3H2,1-2H3,(H2,19,20,23,28)/t11-/m0/s1. The van der Waals surface area contributed by atoms with E-state index in [1.807, 2.05) is 24.3 Å². The third-order valence-corrected chi connectivity index (χ3v) is 4.37. The summed E-state index contributed by atoms with van der Waals surface area (Å²) in [6.07, 6.45) is 0.912. The summed E-state index contributed by atoms with van der Waals surface area (Å²) in [5.41, 5.74) is 0.403. The van der Waals surface area contributed by atoms with Crippen LogP contribution < -0.4 is 10.6 Å². The van der Waals surface area contributed by atoms with Crippen molar-refractivity contribution >= 4 is 40.3 Å². The Labute approximate surface area is 166 Å². The summed E-state index contributed by atoms with van der Waals surface area (Å²) in [7, 11) is 0. The molecule has 0 aliphatic heterocycles. The molecule has 1 atom stereocenters. The van der Waals surface area contributed by atoms with Gasteiger partial charge in [0.25, 0.3) is 17.3 Å². The van der Waals surface area contributed by atoms with Gasteiger partial charge in [0.15, 0.2) is 5.11 Å². The molecular formula is C18H18N4O5S. The van der Waals surface area contributed by atoms with Crippen LogP contribution in [0.1, 0.15) is 42.1 Å². The van der Waals surface area contributed by atoms with Crippen LogP contribution in [0.5, 0.6) is 0 Å². The second-order valence-electron chi connectivity index (χ2n) is 6.06. The van der Waals surface area contributed by atoms with Crippen LogP contribution in [0.15, 0.2) is 42.5 Å². The number of nitrogens with one attached hydrogen (secondary N) is 2. The van der Waals surface area contributed by atoms with Gasteiger partial charge < -0.3 is 5.32 Å². The quantitative estimate of drug-likeness (QED) is 0.422. The minimum Gasteiger partial charge on any atom is -0.332 e. The second-order valence-corrected chi connectivity index (χ2v) is 6.47. The van der Waals surface area contributed by atoms with Gasteiger partial charge in [-0.3, -0.25) is 30.3 Å². The van der Waals surface area contributed by atoms with E-state index in [2.05, 4.69) is 24.5 Å². The molecule has 0 heterocycles. The van der Waals surface area contributed by atoms with E-state index in [1.54, 1.807) is 0 Å². The predicted octanol–water partition coefficient (Wildman–Crippen LogP) is 4.14. The number of para-hydroxylation sites is 1.